The molecule has 1 aromatic heterocycles. The van der Waals surface area contributed by atoms with Crippen LogP contribution in [-0.2, 0) is 0 Å². The fourth-order valence-electron chi connectivity index (χ4n) is 2.02. The zero-order chi connectivity index (χ0) is 14.1. The van der Waals surface area contributed by atoms with Crippen molar-refractivity contribution in [3.05, 3.63) is 59.2 Å². The molecule has 0 aliphatic heterocycles. The second-order valence-electron chi connectivity index (χ2n) is 4.64. The van der Waals surface area contributed by atoms with Crippen LogP contribution < -0.4 is 5.73 Å². The van der Waals surface area contributed by atoms with E-state index in [-0.39, 0.29) is 5.69 Å². The molecular formula is C16H13FN2S. The van der Waals surface area contributed by atoms with E-state index in [2.05, 4.69) is 24.0 Å². The van der Waals surface area contributed by atoms with Crippen LogP contribution in [0.2, 0.25) is 0 Å². The number of nitrogens with two attached hydrogens (primary N) is 1. The average Bonchev–Trinajstić information content (AvgIpc) is 2.92. The van der Waals surface area contributed by atoms with Crippen molar-refractivity contribution < 1.29 is 4.39 Å². The monoisotopic (exact) mass is 284 g/mol. The van der Waals surface area contributed by atoms with Gasteiger partial charge >= 0.3 is 0 Å². The van der Waals surface area contributed by atoms with Crippen molar-refractivity contribution in [3.8, 4) is 21.8 Å². The SMILES string of the molecule is Cc1cccc(-c2nc(-c3ccc(F)c(N)c3)cs2)c1. The number of nitrogens with zero attached hydrogens (tertiary/aromatic N) is 1. The van der Waals surface area contributed by atoms with Gasteiger partial charge in [-0.1, -0.05) is 23.8 Å². The van der Waals surface area contributed by atoms with Gasteiger partial charge in [0.1, 0.15) is 10.8 Å². The molecule has 0 saturated carbocycles. The molecule has 0 radical (unpaired) electrons. The van der Waals surface area contributed by atoms with E-state index in [1.165, 1.54) is 11.6 Å². The molecule has 2 aromatic carbocycles. The third kappa shape index (κ3) is 2.42. The van der Waals surface area contributed by atoms with E-state index >= 15 is 0 Å². The van der Waals surface area contributed by atoms with Crippen LogP contribution in [0.25, 0.3) is 21.8 Å². The van der Waals surface area contributed by atoms with Crippen LogP contribution in [0.1, 0.15) is 5.56 Å². The Morgan fingerprint density at radius 2 is 1.95 bits per heavy atom. The highest BCUT2D eigenvalue weighted by molar-refractivity contribution is 7.13. The third-order valence-corrected chi connectivity index (χ3v) is 3.95. The number of benzene rings is 2. The van der Waals surface area contributed by atoms with Gasteiger partial charge in [0.25, 0.3) is 0 Å². The fourth-order valence-corrected chi connectivity index (χ4v) is 2.85. The zero-order valence-electron chi connectivity index (χ0n) is 10.9. The minimum atomic E-state index is -0.400. The molecule has 0 saturated heterocycles. The first-order chi connectivity index (χ1) is 9.63. The number of hydrogen-bond acceptors (Lipinski definition) is 3. The topological polar surface area (TPSA) is 38.9 Å². The molecule has 0 atom stereocenters. The molecule has 0 aliphatic rings. The molecule has 0 unspecified atom stereocenters. The summed E-state index contributed by atoms with van der Waals surface area (Å²) in [6.45, 7) is 2.05. The van der Waals surface area contributed by atoms with Crippen molar-refractivity contribution in [1.29, 1.82) is 0 Å². The van der Waals surface area contributed by atoms with Crippen LogP contribution >= 0.6 is 11.3 Å². The normalized spacial score (nSPS) is 10.7. The van der Waals surface area contributed by atoms with E-state index in [0.29, 0.717) is 0 Å². The Kier molecular flexibility index (Phi) is 3.24. The number of thiazole rings is 1. The molecule has 20 heavy (non-hydrogen) atoms. The summed E-state index contributed by atoms with van der Waals surface area (Å²) >= 11 is 1.57. The van der Waals surface area contributed by atoms with E-state index in [4.69, 9.17) is 5.73 Å². The lowest BCUT2D eigenvalue weighted by Gasteiger charge is -2.00. The van der Waals surface area contributed by atoms with Gasteiger partial charge in [-0.15, -0.1) is 11.3 Å². The molecule has 3 aromatic rings. The molecule has 4 heteroatoms. The Morgan fingerprint density at radius 3 is 2.70 bits per heavy atom. The molecule has 2 nitrogen and oxygen atoms in total. The summed E-state index contributed by atoms with van der Waals surface area (Å²) in [6, 6.07) is 12.9. The van der Waals surface area contributed by atoms with E-state index in [1.807, 2.05) is 17.5 Å². The second-order valence-corrected chi connectivity index (χ2v) is 5.50. The van der Waals surface area contributed by atoms with Gasteiger partial charge in [-0.25, -0.2) is 9.37 Å². The predicted octanol–water partition coefficient (Wildman–Crippen LogP) is 4.51. The maximum absolute atomic E-state index is 13.2. The third-order valence-electron chi connectivity index (χ3n) is 3.06. The lowest BCUT2D eigenvalue weighted by atomic mass is 10.1. The summed E-state index contributed by atoms with van der Waals surface area (Å²) in [5, 5.41) is 2.91. The number of rotatable bonds is 2. The number of anilines is 1. The van der Waals surface area contributed by atoms with Crippen LogP contribution in [0.15, 0.2) is 47.8 Å². The molecule has 0 bridgehead atoms. The Hall–Kier alpha value is -2.20. The number of aryl methyl sites for hydroxylation is 1. The van der Waals surface area contributed by atoms with Gasteiger partial charge in [0.15, 0.2) is 0 Å². The number of aromatic nitrogens is 1. The molecule has 3 rings (SSSR count). The van der Waals surface area contributed by atoms with Crippen LogP contribution in [0.4, 0.5) is 10.1 Å². The van der Waals surface area contributed by atoms with Gasteiger partial charge in [-0.2, -0.15) is 0 Å². The fraction of sp³-hybridized carbons (Fsp3) is 0.0625. The van der Waals surface area contributed by atoms with Gasteiger partial charge in [0, 0.05) is 16.5 Å². The lowest BCUT2D eigenvalue weighted by molar-refractivity contribution is 0.632. The summed E-state index contributed by atoms with van der Waals surface area (Å²) in [5.41, 5.74) is 9.69. The van der Waals surface area contributed by atoms with Gasteiger partial charge in [0.2, 0.25) is 0 Å². The molecule has 0 fully saturated rings. The van der Waals surface area contributed by atoms with Crippen LogP contribution in [0, 0.1) is 12.7 Å². The highest BCUT2D eigenvalue weighted by Crippen LogP contribution is 2.30. The standard InChI is InChI=1S/C16H13FN2S/c1-10-3-2-4-12(7-10)16-19-15(9-20-16)11-5-6-13(17)14(18)8-11/h2-9H,18H2,1H3. The molecule has 2 N–H and O–H groups in total. The highest BCUT2D eigenvalue weighted by atomic mass is 32.1. The van der Waals surface area contributed by atoms with Crippen molar-refractivity contribution in [3.63, 3.8) is 0 Å². The lowest BCUT2D eigenvalue weighted by Crippen LogP contribution is -1.90. The smallest absolute Gasteiger partial charge is 0.146 e. The Morgan fingerprint density at radius 1 is 1.10 bits per heavy atom. The quantitative estimate of drug-likeness (QED) is 0.703. The van der Waals surface area contributed by atoms with Gasteiger partial charge in [-0.05, 0) is 31.2 Å². The van der Waals surface area contributed by atoms with Crippen molar-refractivity contribution in [2.75, 3.05) is 5.73 Å². The van der Waals surface area contributed by atoms with Crippen LogP contribution in [0.5, 0.6) is 0 Å². The number of halogens is 1. The summed E-state index contributed by atoms with van der Waals surface area (Å²) < 4.78 is 13.2. The van der Waals surface area contributed by atoms with Crippen LogP contribution in [0.3, 0.4) is 0 Å². The Bertz CT molecular complexity index is 765. The summed E-state index contributed by atoms with van der Waals surface area (Å²) in [4.78, 5) is 4.60. The van der Waals surface area contributed by atoms with E-state index in [0.717, 1.165) is 21.8 Å². The Balaban J connectivity index is 1.99. The minimum Gasteiger partial charge on any atom is -0.396 e. The maximum atomic E-state index is 13.2. The molecule has 0 amide bonds. The first kappa shape index (κ1) is 12.8. The first-order valence-corrected chi connectivity index (χ1v) is 7.09. The summed E-state index contributed by atoms with van der Waals surface area (Å²) in [6.07, 6.45) is 0. The molecule has 0 spiro atoms. The minimum absolute atomic E-state index is 0.146. The Labute approximate surface area is 120 Å². The first-order valence-electron chi connectivity index (χ1n) is 6.21. The van der Waals surface area contributed by atoms with Crippen molar-refractivity contribution in [2.24, 2.45) is 0 Å². The molecule has 1 heterocycles. The summed E-state index contributed by atoms with van der Waals surface area (Å²) in [7, 11) is 0. The second kappa shape index (κ2) is 5.06. The molecule has 100 valence electrons. The van der Waals surface area contributed by atoms with Gasteiger partial charge < -0.3 is 5.73 Å². The number of nitrogen functional groups attached to an aromatic ring is 1. The zero-order valence-corrected chi connectivity index (χ0v) is 11.7. The largest absolute Gasteiger partial charge is 0.396 e. The maximum Gasteiger partial charge on any atom is 0.146 e. The van der Waals surface area contributed by atoms with Crippen molar-refractivity contribution >= 4 is 17.0 Å². The predicted molar refractivity (Wildman–Crippen MR) is 82.1 cm³/mol. The van der Waals surface area contributed by atoms with E-state index < -0.39 is 5.82 Å². The highest BCUT2D eigenvalue weighted by Gasteiger charge is 2.08. The molecular weight excluding hydrogens is 271 g/mol. The van der Waals surface area contributed by atoms with E-state index in [9.17, 15) is 4.39 Å². The summed E-state index contributed by atoms with van der Waals surface area (Å²) in [5.74, 6) is -0.400. The number of hydrogen-bond donors (Lipinski definition) is 1. The molecule has 0 aliphatic carbocycles. The van der Waals surface area contributed by atoms with Crippen molar-refractivity contribution in [1.82, 2.24) is 4.98 Å². The average molecular weight is 284 g/mol. The van der Waals surface area contributed by atoms with Gasteiger partial charge in [-0.3, -0.25) is 0 Å². The van der Waals surface area contributed by atoms with Crippen molar-refractivity contribution in [2.45, 2.75) is 6.92 Å². The van der Waals surface area contributed by atoms with E-state index in [1.54, 1.807) is 23.5 Å². The van der Waals surface area contributed by atoms with Crippen LogP contribution in [-0.4, -0.2) is 4.98 Å². The van der Waals surface area contributed by atoms with Gasteiger partial charge in [0.05, 0.1) is 11.4 Å².